The van der Waals surface area contributed by atoms with Crippen molar-refractivity contribution in [3.05, 3.63) is 18.7 Å². The summed E-state index contributed by atoms with van der Waals surface area (Å²) < 4.78 is 35.5. The van der Waals surface area contributed by atoms with Crippen LogP contribution in [-0.4, -0.2) is 37.0 Å². The van der Waals surface area contributed by atoms with Gasteiger partial charge in [-0.05, 0) is 0 Å². The second-order valence-electron chi connectivity index (χ2n) is 5.18. The van der Waals surface area contributed by atoms with Crippen LogP contribution in [0.5, 0.6) is 0 Å². The van der Waals surface area contributed by atoms with Gasteiger partial charge in [0.15, 0.2) is 6.54 Å². The first-order valence-electron chi connectivity index (χ1n) is 6.19. The number of rotatable bonds is 4. The number of carbonyl (C=O) groups is 1. The Morgan fingerprint density at radius 2 is 2.05 bits per heavy atom. The number of ether oxygens (including phenoxy) is 1. The molecule has 1 aromatic rings. The highest BCUT2D eigenvalue weighted by atomic mass is 31.2. The number of imidazole rings is 1. The summed E-state index contributed by atoms with van der Waals surface area (Å²) in [6, 6.07) is 0. The van der Waals surface area contributed by atoms with Crippen molar-refractivity contribution >= 4 is 13.8 Å². The summed E-state index contributed by atoms with van der Waals surface area (Å²) in [5.74, 6) is -0.352. The summed E-state index contributed by atoms with van der Waals surface area (Å²) in [6.07, 6.45) is 5.40. The molecule has 0 spiro atoms. The summed E-state index contributed by atoms with van der Waals surface area (Å²) in [5.41, 5.74) is -0.552. The minimum absolute atomic E-state index is 0.124. The Labute approximate surface area is 115 Å². The van der Waals surface area contributed by atoms with Gasteiger partial charge in [0.05, 0.1) is 32.3 Å². The molecule has 0 saturated carbocycles. The molecule has 110 valence electrons. The molecule has 3 aliphatic rings. The molecule has 2 bridgehead atoms. The summed E-state index contributed by atoms with van der Waals surface area (Å²) >= 11 is 0. The maximum atomic E-state index is 11.8. The molecule has 9 heteroatoms. The van der Waals surface area contributed by atoms with Crippen molar-refractivity contribution in [3.8, 4) is 0 Å². The van der Waals surface area contributed by atoms with Crippen LogP contribution in [0.25, 0.3) is 0 Å². The monoisotopic (exact) mass is 303 g/mol. The predicted octanol–water partition coefficient (Wildman–Crippen LogP) is 0.0273. The van der Waals surface area contributed by atoms with Crippen molar-refractivity contribution in [3.63, 3.8) is 0 Å². The molecule has 4 heterocycles. The van der Waals surface area contributed by atoms with Crippen LogP contribution in [0.4, 0.5) is 0 Å². The Balaban J connectivity index is 1.52. The first-order chi connectivity index (χ1) is 9.49. The zero-order valence-electron chi connectivity index (χ0n) is 11.1. The number of carbonyl (C=O) groups excluding carboxylic acids is 1. The largest absolute Gasteiger partial charge is 0.474 e. The molecule has 20 heavy (non-hydrogen) atoms. The number of phosphoric ester groups is 1. The number of aromatic nitrogens is 2. The van der Waals surface area contributed by atoms with Gasteiger partial charge in [-0.1, -0.05) is 0 Å². The van der Waals surface area contributed by atoms with Gasteiger partial charge >= 0.3 is 13.8 Å². The van der Waals surface area contributed by atoms with Gasteiger partial charge in [0, 0.05) is 0 Å². The van der Waals surface area contributed by atoms with Crippen LogP contribution in [0.1, 0.15) is 0 Å². The summed E-state index contributed by atoms with van der Waals surface area (Å²) in [5, 5.41) is 0. The first-order valence-corrected chi connectivity index (χ1v) is 7.65. The van der Waals surface area contributed by atoms with E-state index in [4.69, 9.17) is 18.3 Å². The highest BCUT2D eigenvalue weighted by molar-refractivity contribution is 7.48. The van der Waals surface area contributed by atoms with Crippen LogP contribution < -0.4 is 4.57 Å². The fourth-order valence-electron chi connectivity index (χ4n) is 2.03. The van der Waals surface area contributed by atoms with E-state index in [-0.39, 0.29) is 38.9 Å². The highest BCUT2D eigenvalue weighted by Gasteiger charge is 2.51. The first kappa shape index (κ1) is 13.8. The van der Waals surface area contributed by atoms with Crippen LogP contribution in [-0.2, 0) is 41.3 Å². The molecule has 1 aromatic heterocycles. The average Bonchev–Trinajstić information content (AvgIpc) is 2.84. The average molecular weight is 303 g/mol. The minimum Gasteiger partial charge on any atom is -0.462 e. The molecular weight excluding hydrogens is 287 g/mol. The molecular formula is C11H16N2O6P+. The maximum Gasteiger partial charge on any atom is 0.474 e. The van der Waals surface area contributed by atoms with E-state index in [0.717, 1.165) is 0 Å². The third-order valence-electron chi connectivity index (χ3n) is 3.26. The Hall–Kier alpha value is -1.21. The van der Waals surface area contributed by atoms with E-state index in [1.807, 2.05) is 17.8 Å². The standard InChI is InChI=1S/C11H16N2O6P/c1-12-2-3-13(9-12)4-10(14)16-5-11-6-17-20(15,18-7-11)19-8-11/h2-3,9H,4-8H2,1H3/q+1. The molecule has 4 rings (SSSR count). The molecule has 3 fully saturated rings. The van der Waals surface area contributed by atoms with E-state index in [1.54, 1.807) is 17.1 Å². The van der Waals surface area contributed by atoms with E-state index in [9.17, 15) is 9.36 Å². The van der Waals surface area contributed by atoms with Crippen molar-refractivity contribution < 1.29 is 32.2 Å². The van der Waals surface area contributed by atoms with Gasteiger partial charge in [-0.25, -0.2) is 18.5 Å². The number of hydrogen-bond donors (Lipinski definition) is 0. The minimum atomic E-state index is -3.32. The summed E-state index contributed by atoms with van der Waals surface area (Å²) in [4.78, 5) is 11.8. The lowest BCUT2D eigenvalue weighted by Crippen LogP contribution is -2.48. The smallest absolute Gasteiger partial charge is 0.462 e. The summed E-state index contributed by atoms with van der Waals surface area (Å²) in [6.45, 7) is 0.916. The lowest BCUT2D eigenvalue weighted by molar-refractivity contribution is -0.671. The summed E-state index contributed by atoms with van der Waals surface area (Å²) in [7, 11) is -1.45. The van der Waals surface area contributed by atoms with Gasteiger partial charge in [0.25, 0.3) is 0 Å². The second-order valence-corrected chi connectivity index (χ2v) is 6.85. The van der Waals surface area contributed by atoms with E-state index < -0.39 is 13.2 Å². The van der Waals surface area contributed by atoms with E-state index in [0.29, 0.717) is 0 Å². The van der Waals surface area contributed by atoms with Gasteiger partial charge in [0.2, 0.25) is 6.33 Å². The fraction of sp³-hybridized carbons (Fsp3) is 0.636. The molecule has 3 saturated heterocycles. The maximum absolute atomic E-state index is 11.8. The molecule has 3 aliphatic heterocycles. The number of fused-ring (bicyclic) bond motifs is 3. The Morgan fingerprint density at radius 1 is 1.40 bits per heavy atom. The molecule has 0 aliphatic carbocycles. The van der Waals surface area contributed by atoms with Crippen LogP contribution >= 0.6 is 7.82 Å². The SMILES string of the molecule is C[n+]1ccn(CC(=O)OCC23COP(=O)(OC2)OC3)c1. The van der Waals surface area contributed by atoms with Gasteiger partial charge in [-0.3, -0.25) is 13.6 Å². The number of phosphoric acid groups is 1. The topological polar surface area (TPSA) is 79.9 Å². The molecule has 0 radical (unpaired) electrons. The Morgan fingerprint density at radius 3 is 2.60 bits per heavy atom. The molecule has 0 amide bonds. The molecule has 8 nitrogen and oxygen atoms in total. The quantitative estimate of drug-likeness (QED) is 0.443. The van der Waals surface area contributed by atoms with E-state index >= 15 is 0 Å². The Bertz CT molecular complexity index is 540. The third-order valence-corrected chi connectivity index (χ3v) is 4.60. The van der Waals surface area contributed by atoms with Crippen LogP contribution in [0, 0.1) is 5.41 Å². The van der Waals surface area contributed by atoms with Gasteiger partial charge in [0.1, 0.15) is 19.0 Å². The van der Waals surface area contributed by atoms with Gasteiger partial charge in [-0.2, -0.15) is 0 Å². The van der Waals surface area contributed by atoms with Gasteiger partial charge in [-0.15, -0.1) is 0 Å². The molecule has 0 aromatic carbocycles. The third kappa shape index (κ3) is 2.78. The zero-order valence-corrected chi connectivity index (χ0v) is 12.0. The fourth-order valence-corrected chi connectivity index (χ4v) is 3.55. The lowest BCUT2D eigenvalue weighted by atomic mass is 9.92. The lowest BCUT2D eigenvalue weighted by Gasteiger charge is -2.43. The zero-order chi connectivity index (χ0) is 14.2. The second kappa shape index (κ2) is 4.96. The molecule has 0 unspecified atom stereocenters. The van der Waals surface area contributed by atoms with Gasteiger partial charge < -0.3 is 4.74 Å². The number of hydrogen-bond acceptors (Lipinski definition) is 6. The van der Waals surface area contributed by atoms with E-state index in [1.165, 1.54) is 0 Å². The van der Waals surface area contributed by atoms with Crippen molar-refractivity contribution in [1.82, 2.24) is 4.57 Å². The predicted molar refractivity (Wildman–Crippen MR) is 64.5 cm³/mol. The normalized spacial score (nSPS) is 32.2. The van der Waals surface area contributed by atoms with Crippen molar-refractivity contribution in [2.75, 3.05) is 26.4 Å². The van der Waals surface area contributed by atoms with E-state index in [2.05, 4.69) is 0 Å². The van der Waals surface area contributed by atoms with Crippen molar-refractivity contribution in [1.29, 1.82) is 0 Å². The number of nitrogens with zero attached hydrogens (tertiary/aromatic N) is 2. The molecule has 0 atom stereocenters. The van der Waals surface area contributed by atoms with Crippen LogP contribution in [0.15, 0.2) is 18.7 Å². The number of aryl methyl sites for hydroxylation is 1. The highest BCUT2D eigenvalue weighted by Crippen LogP contribution is 2.59. The van der Waals surface area contributed by atoms with Crippen LogP contribution in [0.3, 0.4) is 0 Å². The Kier molecular flexibility index (Phi) is 3.41. The number of esters is 1. The van der Waals surface area contributed by atoms with Crippen molar-refractivity contribution in [2.45, 2.75) is 6.54 Å². The van der Waals surface area contributed by atoms with Crippen molar-refractivity contribution in [2.24, 2.45) is 12.5 Å². The van der Waals surface area contributed by atoms with Crippen LogP contribution in [0.2, 0.25) is 0 Å². The molecule has 0 N–H and O–H groups in total.